The predicted octanol–water partition coefficient (Wildman–Crippen LogP) is 8.14. The number of nitrogen functional groups attached to an aromatic ring is 2. The summed E-state index contributed by atoms with van der Waals surface area (Å²) in [6, 6.07) is 20.9. The van der Waals surface area contributed by atoms with Crippen molar-refractivity contribution >= 4 is 77.8 Å². The van der Waals surface area contributed by atoms with Crippen molar-refractivity contribution in [1.29, 1.82) is 0 Å². The number of halogens is 2. The van der Waals surface area contributed by atoms with Crippen LogP contribution in [-0.4, -0.2) is 45.5 Å². The Hall–Kier alpha value is -5.50. The van der Waals surface area contributed by atoms with E-state index in [2.05, 4.69) is 30.7 Å². The second-order valence-corrected chi connectivity index (χ2v) is 14.8. The van der Waals surface area contributed by atoms with Gasteiger partial charge < -0.3 is 11.5 Å². The predicted molar refractivity (Wildman–Crippen MR) is 195 cm³/mol. The quantitative estimate of drug-likeness (QED) is 0.0810. The van der Waals surface area contributed by atoms with Crippen LogP contribution >= 0.6 is 23.2 Å². The second kappa shape index (κ2) is 13.9. The van der Waals surface area contributed by atoms with Crippen LogP contribution < -0.4 is 11.5 Å². The Morgan fingerprint density at radius 2 is 0.981 bits per heavy atom. The van der Waals surface area contributed by atoms with Gasteiger partial charge in [0.1, 0.15) is 0 Å². The molecule has 2 heterocycles. The molecule has 52 heavy (non-hydrogen) atoms. The van der Waals surface area contributed by atoms with Gasteiger partial charge in [0.15, 0.2) is 23.0 Å². The van der Waals surface area contributed by atoms with Crippen LogP contribution in [0.3, 0.4) is 0 Å². The van der Waals surface area contributed by atoms with Gasteiger partial charge in [0.05, 0.1) is 54.0 Å². The van der Waals surface area contributed by atoms with E-state index in [-0.39, 0.29) is 32.8 Å². The van der Waals surface area contributed by atoms with Gasteiger partial charge in [-0.1, -0.05) is 47.5 Å². The SMILES string of the molecule is Cc1nn(-c2cccc(S(=O)(=O)O)c2)c(N)c1N=Nc1ccc(-c2ccc(N=Nc3c(C)nn(-c4cccc(S(=O)(=O)O)c4)c3N)cc2Cl)c(Cl)c1. The van der Waals surface area contributed by atoms with E-state index in [0.717, 1.165) is 0 Å². The molecule has 0 saturated carbocycles. The van der Waals surface area contributed by atoms with Gasteiger partial charge in [-0.15, -0.1) is 10.2 Å². The van der Waals surface area contributed by atoms with E-state index in [9.17, 15) is 25.9 Å². The average molecular weight is 782 g/mol. The summed E-state index contributed by atoms with van der Waals surface area (Å²) in [5.41, 5.74) is 16.5. The third kappa shape index (κ3) is 7.42. The van der Waals surface area contributed by atoms with E-state index >= 15 is 0 Å². The molecule has 0 atom stereocenters. The molecule has 0 aliphatic heterocycles. The molecule has 0 aliphatic rings. The van der Waals surface area contributed by atoms with E-state index in [4.69, 9.17) is 34.7 Å². The number of aromatic nitrogens is 4. The van der Waals surface area contributed by atoms with Crippen LogP contribution in [0.2, 0.25) is 10.0 Å². The number of nitrogens with two attached hydrogens (primary N) is 2. The largest absolute Gasteiger partial charge is 0.382 e. The van der Waals surface area contributed by atoms with Crippen LogP contribution in [-0.2, 0) is 20.2 Å². The Morgan fingerprint density at radius 1 is 0.596 bits per heavy atom. The van der Waals surface area contributed by atoms with Crippen LogP contribution in [0, 0.1) is 13.8 Å². The minimum absolute atomic E-state index is 0.0950. The number of benzene rings is 4. The standard InChI is InChI=1S/C32H26Cl2N10O6S2/c1-17-29(31(35)43(41-17)21-5-3-7-23(15-21)51(45,46)47)39-37-19-9-11-25(27(33)13-19)26-12-10-20(14-28(26)34)38-40-30-18(2)42-44(32(30)36)22-6-4-8-24(16-22)52(48,49)50/h3-16H,35-36H2,1-2H3,(H,45,46,47)(H,48,49,50). The maximum atomic E-state index is 11.6. The number of aryl methyl sites for hydroxylation is 2. The van der Waals surface area contributed by atoms with Gasteiger partial charge >= 0.3 is 0 Å². The van der Waals surface area contributed by atoms with Crippen molar-refractivity contribution in [2.24, 2.45) is 20.5 Å². The van der Waals surface area contributed by atoms with Crippen LogP contribution in [0.5, 0.6) is 0 Å². The summed E-state index contributed by atoms with van der Waals surface area (Å²) in [4.78, 5) is -0.629. The molecule has 0 spiro atoms. The number of hydrogen-bond acceptors (Lipinski definition) is 12. The zero-order valence-electron chi connectivity index (χ0n) is 26.9. The van der Waals surface area contributed by atoms with Gasteiger partial charge in [-0.3, -0.25) is 9.11 Å². The highest BCUT2D eigenvalue weighted by atomic mass is 35.5. The van der Waals surface area contributed by atoms with Gasteiger partial charge in [-0.2, -0.15) is 37.3 Å². The third-order valence-electron chi connectivity index (χ3n) is 7.57. The molecule has 0 amide bonds. The van der Waals surface area contributed by atoms with Crippen molar-refractivity contribution in [3.63, 3.8) is 0 Å². The van der Waals surface area contributed by atoms with Gasteiger partial charge in [0.25, 0.3) is 20.2 Å². The zero-order chi connectivity index (χ0) is 37.5. The van der Waals surface area contributed by atoms with Crippen molar-refractivity contribution in [1.82, 2.24) is 19.6 Å². The molecule has 6 aromatic rings. The van der Waals surface area contributed by atoms with Crippen molar-refractivity contribution < 1.29 is 25.9 Å². The first-order valence-electron chi connectivity index (χ1n) is 14.8. The van der Waals surface area contributed by atoms with E-state index in [1.54, 1.807) is 62.4 Å². The molecule has 4 aromatic carbocycles. The second-order valence-electron chi connectivity index (χ2n) is 11.1. The van der Waals surface area contributed by atoms with Gasteiger partial charge in [0, 0.05) is 11.1 Å². The van der Waals surface area contributed by atoms with E-state index < -0.39 is 20.2 Å². The lowest BCUT2D eigenvalue weighted by molar-refractivity contribution is 0.481. The first-order valence-corrected chi connectivity index (χ1v) is 18.4. The fourth-order valence-corrected chi connectivity index (χ4v) is 6.64. The van der Waals surface area contributed by atoms with Gasteiger partial charge in [-0.05, 0) is 74.5 Å². The zero-order valence-corrected chi connectivity index (χ0v) is 30.1. The van der Waals surface area contributed by atoms with Crippen molar-refractivity contribution in [3.8, 4) is 22.5 Å². The smallest absolute Gasteiger partial charge is 0.294 e. The molecule has 2 aromatic heterocycles. The molecule has 20 heteroatoms. The Morgan fingerprint density at radius 3 is 1.33 bits per heavy atom. The third-order valence-corrected chi connectivity index (χ3v) is 9.90. The summed E-state index contributed by atoms with van der Waals surface area (Å²) < 4.78 is 67.7. The Bertz CT molecular complexity index is 2490. The van der Waals surface area contributed by atoms with E-state index in [0.29, 0.717) is 55.3 Å². The lowest BCUT2D eigenvalue weighted by Crippen LogP contribution is -2.04. The van der Waals surface area contributed by atoms with Crippen molar-refractivity contribution in [2.75, 3.05) is 11.5 Å². The molecule has 6 rings (SSSR count). The number of anilines is 2. The first kappa shape index (κ1) is 36.3. The summed E-state index contributed by atoms with van der Waals surface area (Å²) in [5.74, 6) is 0.190. The molecular weight excluding hydrogens is 755 g/mol. The minimum atomic E-state index is -4.44. The fraction of sp³-hybridized carbons (Fsp3) is 0.0625. The molecule has 16 nitrogen and oxygen atoms in total. The lowest BCUT2D eigenvalue weighted by Gasteiger charge is -2.08. The van der Waals surface area contributed by atoms with Crippen LogP contribution in [0.1, 0.15) is 11.4 Å². The highest BCUT2D eigenvalue weighted by molar-refractivity contribution is 7.86. The van der Waals surface area contributed by atoms with Crippen LogP contribution in [0.25, 0.3) is 22.5 Å². The molecule has 0 fully saturated rings. The summed E-state index contributed by atoms with van der Waals surface area (Å²) in [7, 11) is -8.87. The Kier molecular flexibility index (Phi) is 9.71. The maximum absolute atomic E-state index is 11.6. The summed E-state index contributed by atoms with van der Waals surface area (Å²) in [6.45, 7) is 3.32. The maximum Gasteiger partial charge on any atom is 0.294 e. The molecule has 266 valence electrons. The van der Waals surface area contributed by atoms with Crippen LogP contribution in [0.4, 0.5) is 34.4 Å². The van der Waals surface area contributed by atoms with Crippen molar-refractivity contribution in [2.45, 2.75) is 23.6 Å². The Labute approximate surface area is 306 Å². The summed E-state index contributed by atoms with van der Waals surface area (Å²) in [5, 5.41) is 26.3. The molecule has 6 N–H and O–H groups in total. The number of hydrogen-bond donors (Lipinski definition) is 4. The fourth-order valence-electron chi connectivity index (χ4n) is 5.05. The highest BCUT2D eigenvalue weighted by Gasteiger charge is 2.19. The molecule has 0 radical (unpaired) electrons. The normalized spacial score (nSPS) is 12.3. The van der Waals surface area contributed by atoms with E-state index in [1.807, 2.05) is 0 Å². The summed E-state index contributed by atoms with van der Waals surface area (Å²) in [6.07, 6.45) is 0. The van der Waals surface area contributed by atoms with Crippen molar-refractivity contribution in [3.05, 3.63) is 106 Å². The molecule has 0 aliphatic carbocycles. The monoisotopic (exact) mass is 780 g/mol. The Balaban J connectivity index is 1.21. The topological polar surface area (TPSA) is 246 Å². The number of nitrogens with zero attached hydrogens (tertiary/aromatic N) is 8. The molecular formula is C32H26Cl2N10O6S2. The molecule has 0 bridgehead atoms. The summed E-state index contributed by atoms with van der Waals surface area (Å²) >= 11 is 13.3. The first-order chi connectivity index (χ1) is 24.5. The van der Waals surface area contributed by atoms with E-state index in [1.165, 1.54) is 45.8 Å². The number of rotatable bonds is 9. The highest BCUT2D eigenvalue weighted by Crippen LogP contribution is 2.39. The molecule has 0 saturated heterocycles. The minimum Gasteiger partial charge on any atom is -0.382 e. The molecule has 0 unspecified atom stereocenters. The number of azo groups is 2. The average Bonchev–Trinajstić information content (AvgIpc) is 3.54. The van der Waals surface area contributed by atoms with Crippen LogP contribution in [0.15, 0.2) is 115 Å². The van der Waals surface area contributed by atoms with Gasteiger partial charge in [-0.25, -0.2) is 9.36 Å². The lowest BCUT2D eigenvalue weighted by atomic mass is 10.0. The van der Waals surface area contributed by atoms with Gasteiger partial charge in [0.2, 0.25) is 0 Å².